The maximum absolute atomic E-state index is 12.1. The summed E-state index contributed by atoms with van der Waals surface area (Å²) in [6.07, 6.45) is 1.13. The maximum atomic E-state index is 12.1. The van der Waals surface area contributed by atoms with Crippen LogP contribution in [0.1, 0.15) is 19.8 Å². The molecule has 2 unspecified atom stereocenters. The number of β-amino-alcohol motifs (C(OH)–C–C–N with tert-alkyl or cyclic N) is 1. The van der Waals surface area contributed by atoms with Gasteiger partial charge in [0.15, 0.2) is 0 Å². The first-order valence-corrected chi connectivity index (χ1v) is 5.90. The molecule has 2 aliphatic rings. The zero-order chi connectivity index (χ0) is 11.7. The predicted molar refractivity (Wildman–Crippen MR) is 59.0 cm³/mol. The Bertz CT molecular complexity index is 272. The number of likely N-dealkylation sites (N-methyl/N-ethyl adjacent to an activating group) is 1. The van der Waals surface area contributed by atoms with E-state index >= 15 is 0 Å². The second-order valence-electron chi connectivity index (χ2n) is 4.75. The summed E-state index contributed by atoms with van der Waals surface area (Å²) in [6.45, 7) is 3.20. The van der Waals surface area contributed by atoms with E-state index in [9.17, 15) is 9.90 Å². The number of carbonyl (C=O) groups is 1. The quantitative estimate of drug-likeness (QED) is 0.659. The zero-order valence-electron chi connectivity index (χ0n) is 9.85. The average molecular weight is 228 g/mol. The summed E-state index contributed by atoms with van der Waals surface area (Å²) in [6, 6.07) is -0.119. The molecule has 92 valence electrons. The van der Waals surface area contributed by atoms with E-state index in [4.69, 9.17) is 4.74 Å². The molecule has 1 amide bonds. The van der Waals surface area contributed by atoms with Crippen molar-refractivity contribution in [1.82, 2.24) is 10.2 Å². The van der Waals surface area contributed by atoms with Crippen LogP contribution in [-0.2, 0) is 9.53 Å². The highest BCUT2D eigenvalue weighted by Gasteiger charge is 2.36. The zero-order valence-corrected chi connectivity index (χ0v) is 9.85. The molecule has 5 heteroatoms. The summed E-state index contributed by atoms with van der Waals surface area (Å²) >= 11 is 0. The summed E-state index contributed by atoms with van der Waals surface area (Å²) in [5.41, 5.74) is 0. The number of carbonyl (C=O) groups excluding carboxylic acids is 1. The highest BCUT2D eigenvalue weighted by Crippen LogP contribution is 2.22. The molecule has 2 rings (SSSR count). The molecule has 0 bridgehead atoms. The van der Waals surface area contributed by atoms with Gasteiger partial charge >= 0.3 is 0 Å². The van der Waals surface area contributed by atoms with Gasteiger partial charge in [-0.25, -0.2) is 0 Å². The van der Waals surface area contributed by atoms with Gasteiger partial charge in [-0.1, -0.05) is 0 Å². The molecule has 0 aliphatic carbocycles. The number of rotatable bonds is 2. The third-order valence-electron chi connectivity index (χ3n) is 3.50. The molecule has 2 heterocycles. The minimum absolute atomic E-state index is 0.00269. The Balaban J connectivity index is 1.93. The van der Waals surface area contributed by atoms with Crippen LogP contribution in [0.25, 0.3) is 0 Å². The topological polar surface area (TPSA) is 61.8 Å². The summed E-state index contributed by atoms with van der Waals surface area (Å²) < 4.78 is 5.55. The Morgan fingerprint density at radius 2 is 2.19 bits per heavy atom. The van der Waals surface area contributed by atoms with Crippen LogP contribution < -0.4 is 5.32 Å². The first-order chi connectivity index (χ1) is 7.59. The first kappa shape index (κ1) is 11.8. The molecule has 2 aliphatic heterocycles. The van der Waals surface area contributed by atoms with Crippen molar-refractivity contribution in [3.63, 3.8) is 0 Å². The molecule has 0 saturated carbocycles. The van der Waals surface area contributed by atoms with Crippen molar-refractivity contribution < 1.29 is 14.6 Å². The number of amides is 1. The second kappa shape index (κ2) is 4.69. The molecule has 0 radical (unpaired) electrons. The number of aliphatic hydroxyl groups is 1. The smallest absolute Gasteiger partial charge is 0.251 e. The van der Waals surface area contributed by atoms with E-state index in [1.54, 1.807) is 11.9 Å². The van der Waals surface area contributed by atoms with E-state index in [1.165, 1.54) is 0 Å². The standard InChI is InChI=1S/C11H20N2O3/c1-7-3-4-10(16-7)11(15)13(2)8-5-12-6-9(8)14/h7-10,12,14H,3-6H2,1-2H3/t7?,8-,9-,10?/m1/s1. The third kappa shape index (κ3) is 2.21. The van der Waals surface area contributed by atoms with Crippen molar-refractivity contribution in [1.29, 1.82) is 0 Å². The fourth-order valence-electron chi connectivity index (χ4n) is 2.42. The molecule has 16 heavy (non-hydrogen) atoms. The van der Waals surface area contributed by atoms with E-state index in [2.05, 4.69) is 5.32 Å². The molecule has 2 fully saturated rings. The van der Waals surface area contributed by atoms with Crippen LogP contribution in [0.5, 0.6) is 0 Å². The van der Waals surface area contributed by atoms with Crippen LogP contribution in [0.15, 0.2) is 0 Å². The predicted octanol–water partition coefficient (Wildman–Crippen LogP) is -0.655. The van der Waals surface area contributed by atoms with E-state index in [-0.39, 0.29) is 24.2 Å². The molecule has 4 atom stereocenters. The normalized spacial score (nSPS) is 38.9. The van der Waals surface area contributed by atoms with Crippen LogP contribution in [0.3, 0.4) is 0 Å². The Kier molecular flexibility index (Phi) is 3.47. The number of nitrogens with zero attached hydrogens (tertiary/aromatic N) is 1. The lowest BCUT2D eigenvalue weighted by Gasteiger charge is -2.28. The van der Waals surface area contributed by atoms with Crippen molar-refractivity contribution >= 4 is 5.91 Å². The van der Waals surface area contributed by atoms with Crippen molar-refractivity contribution in [2.75, 3.05) is 20.1 Å². The number of nitrogens with one attached hydrogen (secondary N) is 1. The minimum atomic E-state index is -0.465. The second-order valence-corrected chi connectivity index (χ2v) is 4.75. The summed E-state index contributed by atoms with van der Waals surface area (Å²) in [5, 5.41) is 12.8. The van der Waals surface area contributed by atoms with Gasteiger partial charge in [0.1, 0.15) is 6.10 Å². The van der Waals surface area contributed by atoms with Gasteiger partial charge in [0.2, 0.25) is 0 Å². The first-order valence-electron chi connectivity index (χ1n) is 5.90. The van der Waals surface area contributed by atoms with Crippen LogP contribution in [0.2, 0.25) is 0 Å². The van der Waals surface area contributed by atoms with Gasteiger partial charge in [0.25, 0.3) is 5.91 Å². The lowest BCUT2D eigenvalue weighted by atomic mass is 10.1. The van der Waals surface area contributed by atoms with Crippen LogP contribution >= 0.6 is 0 Å². The Hall–Kier alpha value is -0.650. The van der Waals surface area contributed by atoms with E-state index < -0.39 is 6.10 Å². The van der Waals surface area contributed by atoms with Crippen LogP contribution in [0.4, 0.5) is 0 Å². The van der Waals surface area contributed by atoms with Crippen LogP contribution in [0, 0.1) is 0 Å². The van der Waals surface area contributed by atoms with Gasteiger partial charge in [0.05, 0.1) is 18.2 Å². The molecule has 0 aromatic carbocycles. The summed E-state index contributed by atoms with van der Waals surface area (Å²) in [4.78, 5) is 13.7. The Morgan fingerprint density at radius 1 is 1.44 bits per heavy atom. The summed E-state index contributed by atoms with van der Waals surface area (Å²) in [7, 11) is 1.75. The molecular formula is C11H20N2O3. The Morgan fingerprint density at radius 3 is 2.69 bits per heavy atom. The lowest BCUT2D eigenvalue weighted by Crippen LogP contribution is -2.48. The fourth-order valence-corrected chi connectivity index (χ4v) is 2.42. The lowest BCUT2D eigenvalue weighted by molar-refractivity contribution is -0.144. The fraction of sp³-hybridized carbons (Fsp3) is 0.909. The van der Waals surface area contributed by atoms with Crippen molar-refractivity contribution in [3.8, 4) is 0 Å². The van der Waals surface area contributed by atoms with E-state index in [0.717, 1.165) is 12.8 Å². The minimum Gasteiger partial charge on any atom is -0.390 e. The van der Waals surface area contributed by atoms with Gasteiger partial charge in [-0.05, 0) is 19.8 Å². The SMILES string of the molecule is CC1CCC(C(=O)N(C)[C@@H]2CNC[C@H]2O)O1. The number of hydrogen-bond donors (Lipinski definition) is 2. The van der Waals surface area contributed by atoms with Gasteiger partial charge in [-0.2, -0.15) is 0 Å². The third-order valence-corrected chi connectivity index (χ3v) is 3.50. The molecule has 2 N–H and O–H groups in total. The number of ether oxygens (including phenoxy) is 1. The highest BCUT2D eigenvalue weighted by atomic mass is 16.5. The van der Waals surface area contributed by atoms with Gasteiger partial charge < -0.3 is 20.1 Å². The molecule has 0 spiro atoms. The summed E-state index contributed by atoms with van der Waals surface area (Å²) in [5.74, 6) is -0.00269. The van der Waals surface area contributed by atoms with E-state index in [0.29, 0.717) is 13.1 Å². The van der Waals surface area contributed by atoms with Crippen molar-refractivity contribution in [2.24, 2.45) is 0 Å². The molecular weight excluding hydrogens is 208 g/mol. The largest absolute Gasteiger partial charge is 0.390 e. The van der Waals surface area contributed by atoms with Gasteiger partial charge in [-0.3, -0.25) is 4.79 Å². The van der Waals surface area contributed by atoms with Gasteiger partial charge in [-0.15, -0.1) is 0 Å². The van der Waals surface area contributed by atoms with Gasteiger partial charge in [0, 0.05) is 20.1 Å². The molecule has 5 nitrogen and oxygen atoms in total. The maximum Gasteiger partial charge on any atom is 0.251 e. The number of hydrogen-bond acceptors (Lipinski definition) is 4. The highest BCUT2D eigenvalue weighted by molar-refractivity contribution is 5.81. The average Bonchev–Trinajstić information content (AvgIpc) is 2.85. The number of aliphatic hydroxyl groups excluding tert-OH is 1. The molecule has 2 saturated heterocycles. The monoisotopic (exact) mass is 228 g/mol. The van der Waals surface area contributed by atoms with Crippen molar-refractivity contribution in [3.05, 3.63) is 0 Å². The molecule has 0 aromatic rings. The van der Waals surface area contributed by atoms with Crippen LogP contribution in [-0.4, -0.2) is 60.4 Å². The van der Waals surface area contributed by atoms with E-state index in [1.807, 2.05) is 6.92 Å². The molecule has 0 aromatic heterocycles. The Labute approximate surface area is 95.8 Å². The van der Waals surface area contributed by atoms with Crippen molar-refractivity contribution in [2.45, 2.75) is 44.1 Å².